The van der Waals surface area contributed by atoms with E-state index in [1.165, 1.54) is 6.08 Å². The van der Waals surface area contributed by atoms with E-state index in [1.54, 1.807) is 12.3 Å². The van der Waals surface area contributed by atoms with E-state index in [0.717, 1.165) is 42.7 Å². The Bertz CT molecular complexity index is 1160. The predicted molar refractivity (Wildman–Crippen MR) is 119 cm³/mol. The molecule has 3 heterocycles. The summed E-state index contributed by atoms with van der Waals surface area (Å²) in [5.74, 6) is 0.405. The maximum atomic E-state index is 9.03. The number of nitrogens with two attached hydrogens (primary N) is 1. The molecular formula is C22H25N7O2. The minimum atomic E-state index is -0.119. The molecule has 0 aliphatic heterocycles. The van der Waals surface area contributed by atoms with Gasteiger partial charge in [0.25, 0.3) is 0 Å². The largest absolute Gasteiger partial charge is 0.489 e. The van der Waals surface area contributed by atoms with Crippen LogP contribution in [0.3, 0.4) is 0 Å². The summed E-state index contributed by atoms with van der Waals surface area (Å²) >= 11 is 0. The number of allylic oxidation sites excluding steroid dienone is 2. The Labute approximate surface area is 179 Å². The van der Waals surface area contributed by atoms with Gasteiger partial charge in [-0.3, -0.25) is 5.41 Å². The third-order valence-corrected chi connectivity index (χ3v) is 4.93. The highest BCUT2D eigenvalue weighted by Gasteiger charge is 2.18. The minimum absolute atomic E-state index is 0.119. The predicted octanol–water partition coefficient (Wildman–Crippen LogP) is 2.39. The number of aliphatic hydroxyl groups excluding tert-OH is 1. The summed E-state index contributed by atoms with van der Waals surface area (Å²) in [6.45, 7) is 0.909. The van der Waals surface area contributed by atoms with Crippen LogP contribution in [0.4, 0.5) is 5.69 Å². The van der Waals surface area contributed by atoms with E-state index >= 15 is 0 Å². The van der Waals surface area contributed by atoms with Crippen molar-refractivity contribution in [3.05, 3.63) is 72.4 Å². The van der Waals surface area contributed by atoms with Crippen molar-refractivity contribution in [1.29, 1.82) is 5.41 Å². The molecule has 1 aliphatic rings. The van der Waals surface area contributed by atoms with Crippen LogP contribution in [-0.4, -0.2) is 48.9 Å². The molecule has 160 valence electrons. The van der Waals surface area contributed by atoms with Gasteiger partial charge in [0.1, 0.15) is 18.1 Å². The van der Waals surface area contributed by atoms with E-state index in [0.29, 0.717) is 17.2 Å². The van der Waals surface area contributed by atoms with Gasteiger partial charge in [0.2, 0.25) is 0 Å². The van der Waals surface area contributed by atoms with Crippen LogP contribution < -0.4 is 5.73 Å². The van der Waals surface area contributed by atoms with E-state index in [1.807, 2.05) is 41.4 Å². The highest BCUT2D eigenvalue weighted by atomic mass is 16.5. The van der Waals surface area contributed by atoms with Crippen LogP contribution in [-0.2, 0) is 17.7 Å². The number of pyridine rings is 1. The van der Waals surface area contributed by atoms with Gasteiger partial charge >= 0.3 is 0 Å². The van der Waals surface area contributed by atoms with Crippen LogP contribution in [0.1, 0.15) is 18.5 Å². The molecule has 3 aromatic rings. The van der Waals surface area contributed by atoms with Crippen molar-refractivity contribution in [3.8, 4) is 0 Å². The second-order valence-electron chi connectivity index (χ2n) is 7.17. The molecule has 31 heavy (non-hydrogen) atoms. The summed E-state index contributed by atoms with van der Waals surface area (Å²) in [5.41, 5.74) is 9.45. The third-order valence-electron chi connectivity index (χ3n) is 4.93. The smallest absolute Gasteiger partial charge is 0.144 e. The Morgan fingerprint density at radius 2 is 2.10 bits per heavy atom. The number of nitrogens with one attached hydrogen (secondary N) is 1. The number of hydrogen-bond donors (Lipinski definition) is 3. The van der Waals surface area contributed by atoms with Crippen molar-refractivity contribution in [3.63, 3.8) is 0 Å². The van der Waals surface area contributed by atoms with Crippen LogP contribution in [0.15, 0.2) is 71.7 Å². The van der Waals surface area contributed by atoms with Crippen molar-refractivity contribution in [2.45, 2.75) is 25.8 Å². The number of imidazole rings is 1. The van der Waals surface area contributed by atoms with Crippen molar-refractivity contribution in [2.24, 2.45) is 10.7 Å². The Kier molecular flexibility index (Phi) is 6.23. The molecule has 4 rings (SSSR count). The van der Waals surface area contributed by atoms with Gasteiger partial charge in [-0.2, -0.15) is 5.10 Å². The number of hydrogen-bond acceptors (Lipinski definition) is 7. The SMILES string of the molecule is N=C1C=C(N)C(OCCO)=CC1=Nc1c(CCCCn2ccnc2)nn2ccccc12. The minimum Gasteiger partial charge on any atom is -0.489 e. The molecule has 0 saturated carbocycles. The molecule has 0 unspecified atom stereocenters. The fourth-order valence-electron chi connectivity index (χ4n) is 3.41. The van der Waals surface area contributed by atoms with Crippen LogP contribution in [0.25, 0.3) is 5.52 Å². The average molecular weight is 419 g/mol. The van der Waals surface area contributed by atoms with Gasteiger partial charge in [-0.15, -0.1) is 0 Å². The van der Waals surface area contributed by atoms with E-state index < -0.39 is 0 Å². The number of ether oxygens (including phenoxy) is 1. The molecule has 1 aliphatic carbocycles. The fraction of sp³-hybridized carbons (Fsp3) is 0.273. The van der Waals surface area contributed by atoms with E-state index in [9.17, 15) is 0 Å². The zero-order valence-corrected chi connectivity index (χ0v) is 17.1. The first-order valence-electron chi connectivity index (χ1n) is 10.2. The molecule has 0 fully saturated rings. The van der Waals surface area contributed by atoms with Gasteiger partial charge in [-0.1, -0.05) is 6.07 Å². The van der Waals surface area contributed by atoms with Gasteiger partial charge in [0.15, 0.2) is 0 Å². The summed E-state index contributed by atoms with van der Waals surface area (Å²) in [5, 5.41) is 22.0. The quantitative estimate of drug-likeness (QED) is 0.363. The molecule has 0 bridgehead atoms. The lowest BCUT2D eigenvalue weighted by atomic mass is 10.1. The highest BCUT2D eigenvalue weighted by molar-refractivity contribution is 6.50. The lowest BCUT2D eigenvalue weighted by molar-refractivity contribution is 0.149. The molecule has 0 aromatic carbocycles. The highest BCUT2D eigenvalue weighted by Crippen LogP contribution is 2.28. The van der Waals surface area contributed by atoms with Crippen LogP contribution in [0.5, 0.6) is 0 Å². The summed E-state index contributed by atoms with van der Waals surface area (Å²) < 4.78 is 9.36. The number of unbranched alkanes of at least 4 members (excludes halogenated alkanes) is 1. The lowest BCUT2D eigenvalue weighted by Gasteiger charge is -2.15. The summed E-state index contributed by atoms with van der Waals surface area (Å²) in [7, 11) is 0. The topological polar surface area (TPSA) is 127 Å². The molecule has 9 nitrogen and oxygen atoms in total. The first kappa shape index (κ1) is 20.5. The van der Waals surface area contributed by atoms with Crippen LogP contribution in [0, 0.1) is 5.41 Å². The molecule has 0 spiro atoms. The molecule has 3 aromatic heterocycles. The Balaban J connectivity index is 1.60. The van der Waals surface area contributed by atoms with Crippen molar-refractivity contribution < 1.29 is 9.84 Å². The number of fused-ring (bicyclic) bond motifs is 1. The molecule has 9 heteroatoms. The molecule has 0 saturated heterocycles. The monoisotopic (exact) mass is 419 g/mol. The van der Waals surface area contributed by atoms with Gasteiger partial charge in [-0.25, -0.2) is 14.5 Å². The Morgan fingerprint density at radius 1 is 1.19 bits per heavy atom. The summed E-state index contributed by atoms with van der Waals surface area (Å²) in [6, 6.07) is 5.83. The van der Waals surface area contributed by atoms with E-state index in [4.69, 9.17) is 31.1 Å². The summed E-state index contributed by atoms with van der Waals surface area (Å²) in [4.78, 5) is 8.85. The molecule has 4 N–H and O–H groups in total. The van der Waals surface area contributed by atoms with Gasteiger partial charge in [0.05, 0.1) is 41.3 Å². The van der Waals surface area contributed by atoms with E-state index in [-0.39, 0.29) is 18.9 Å². The zero-order chi connectivity index (χ0) is 21.6. The number of aryl methyl sites for hydroxylation is 2. The molecule has 0 amide bonds. The maximum absolute atomic E-state index is 9.03. The third kappa shape index (κ3) is 4.72. The van der Waals surface area contributed by atoms with E-state index in [2.05, 4.69) is 9.55 Å². The van der Waals surface area contributed by atoms with Gasteiger partial charge in [-0.05, 0) is 37.5 Å². The molecule has 0 atom stereocenters. The fourth-order valence-corrected chi connectivity index (χ4v) is 3.41. The second kappa shape index (κ2) is 9.40. The van der Waals surface area contributed by atoms with Crippen molar-refractivity contribution in [2.75, 3.05) is 13.2 Å². The Hall–Kier alpha value is -3.72. The number of nitrogens with zero attached hydrogens (tertiary/aromatic N) is 5. The first-order valence-corrected chi connectivity index (χ1v) is 10.2. The lowest BCUT2D eigenvalue weighted by Crippen LogP contribution is -2.20. The standard InChI is InChI=1S/C22H25N7O2/c23-16-13-17(24)21(31-12-11-30)14-19(16)26-22-18(27-29-9-4-2-6-20(22)29)5-1-3-8-28-10-7-25-15-28/h2,4,6-7,9-10,13-15,23,30H,1,3,5,8,11-12,24H2. The number of aliphatic hydroxyl groups is 1. The van der Waals surface area contributed by atoms with Crippen LogP contribution in [0.2, 0.25) is 0 Å². The maximum Gasteiger partial charge on any atom is 0.144 e. The molecule has 0 radical (unpaired) electrons. The van der Waals surface area contributed by atoms with Gasteiger partial charge in [0, 0.05) is 31.2 Å². The first-order chi connectivity index (χ1) is 15.2. The second-order valence-corrected chi connectivity index (χ2v) is 7.17. The molecular weight excluding hydrogens is 394 g/mol. The number of aliphatic imine (C=N–C) groups is 1. The zero-order valence-electron chi connectivity index (χ0n) is 17.1. The number of aromatic nitrogens is 4. The van der Waals surface area contributed by atoms with Gasteiger partial charge < -0.3 is 20.1 Å². The normalized spacial score (nSPS) is 15.4. The summed E-state index contributed by atoms with van der Waals surface area (Å²) in [6.07, 6.45) is 13.3. The number of rotatable bonds is 9. The average Bonchev–Trinajstić information content (AvgIpc) is 3.40. The Morgan fingerprint density at radius 3 is 2.90 bits per heavy atom. The van der Waals surface area contributed by atoms with Crippen molar-refractivity contribution in [1.82, 2.24) is 19.2 Å². The van der Waals surface area contributed by atoms with Crippen molar-refractivity contribution >= 4 is 22.6 Å². The van der Waals surface area contributed by atoms with Crippen LogP contribution >= 0.6 is 0 Å².